The topological polar surface area (TPSA) is 51.2 Å². The Labute approximate surface area is 205 Å². The number of ether oxygens (including phenoxy) is 1. The van der Waals surface area contributed by atoms with E-state index in [1.165, 1.54) is 11.6 Å². The lowest BCUT2D eigenvalue weighted by Crippen LogP contribution is -2.29. The van der Waals surface area contributed by atoms with Gasteiger partial charge in [-0.25, -0.2) is 4.39 Å². The molecule has 1 atom stereocenters. The lowest BCUT2D eigenvalue weighted by atomic mass is 9.73. The standard InChI is InChI=1S/C30H29FN2O2/c1-20(30(34)33-24-6-5-9-26(19-24)35-25-7-3-2-4-8-25)21-10-12-22(13-11-21)27-16-17-32-29-15-14-23(31)18-28(27)29/h2-9,14-22H,10-13H2,1H3,(H,33,34)/t20-,21?,22?/m1/s1. The van der Waals surface area contributed by atoms with Gasteiger partial charge in [0.2, 0.25) is 5.91 Å². The molecule has 178 valence electrons. The highest BCUT2D eigenvalue weighted by atomic mass is 19.1. The maximum absolute atomic E-state index is 13.9. The first-order valence-electron chi connectivity index (χ1n) is 12.2. The molecule has 1 aromatic heterocycles. The average Bonchev–Trinajstić information content (AvgIpc) is 2.89. The van der Waals surface area contributed by atoms with E-state index in [0.717, 1.165) is 48.0 Å². The summed E-state index contributed by atoms with van der Waals surface area (Å²) in [5.41, 5.74) is 2.73. The molecule has 35 heavy (non-hydrogen) atoms. The van der Waals surface area contributed by atoms with Crippen molar-refractivity contribution in [2.45, 2.75) is 38.5 Å². The van der Waals surface area contributed by atoms with Gasteiger partial charge in [-0.15, -0.1) is 0 Å². The van der Waals surface area contributed by atoms with Crippen LogP contribution in [0.1, 0.15) is 44.1 Å². The van der Waals surface area contributed by atoms with Gasteiger partial charge in [-0.1, -0.05) is 31.2 Å². The van der Waals surface area contributed by atoms with Crippen molar-refractivity contribution >= 4 is 22.5 Å². The first-order valence-corrected chi connectivity index (χ1v) is 12.2. The Bertz CT molecular complexity index is 1320. The number of amides is 1. The normalized spacial score (nSPS) is 18.7. The molecule has 0 saturated heterocycles. The SMILES string of the molecule is C[C@@H](C(=O)Nc1cccc(Oc2ccccc2)c1)C1CCC(c2ccnc3ccc(F)cc23)CC1. The number of carbonyl (C=O) groups is 1. The summed E-state index contributed by atoms with van der Waals surface area (Å²) in [6.07, 6.45) is 5.72. The van der Waals surface area contributed by atoms with Gasteiger partial charge in [-0.05, 0) is 91.6 Å². The molecule has 0 unspecified atom stereocenters. The van der Waals surface area contributed by atoms with Crippen LogP contribution in [0.3, 0.4) is 0 Å². The van der Waals surface area contributed by atoms with Gasteiger partial charge >= 0.3 is 0 Å². The molecule has 1 aliphatic carbocycles. The molecule has 4 aromatic rings. The van der Waals surface area contributed by atoms with Crippen LogP contribution in [-0.2, 0) is 4.79 Å². The van der Waals surface area contributed by atoms with Gasteiger partial charge in [-0.2, -0.15) is 0 Å². The largest absolute Gasteiger partial charge is 0.457 e. The number of halogens is 1. The summed E-state index contributed by atoms with van der Waals surface area (Å²) in [6.45, 7) is 2.02. The first kappa shape index (κ1) is 23.0. The minimum atomic E-state index is -0.232. The van der Waals surface area contributed by atoms with Crippen molar-refractivity contribution in [3.05, 3.63) is 96.4 Å². The lowest BCUT2D eigenvalue weighted by molar-refractivity contribution is -0.121. The zero-order valence-electron chi connectivity index (χ0n) is 19.8. The average molecular weight is 469 g/mol. The molecule has 1 aliphatic rings. The summed E-state index contributed by atoms with van der Waals surface area (Å²) < 4.78 is 19.8. The van der Waals surface area contributed by atoms with Crippen molar-refractivity contribution in [1.29, 1.82) is 0 Å². The molecule has 1 fully saturated rings. The fourth-order valence-electron chi connectivity index (χ4n) is 5.16. The molecule has 1 saturated carbocycles. The van der Waals surface area contributed by atoms with E-state index in [9.17, 15) is 9.18 Å². The monoisotopic (exact) mass is 468 g/mol. The lowest BCUT2D eigenvalue weighted by Gasteiger charge is -2.32. The van der Waals surface area contributed by atoms with Gasteiger partial charge in [-0.3, -0.25) is 9.78 Å². The molecule has 4 nitrogen and oxygen atoms in total. The van der Waals surface area contributed by atoms with Crippen LogP contribution < -0.4 is 10.1 Å². The Balaban J connectivity index is 1.20. The Morgan fingerprint density at radius 1 is 0.943 bits per heavy atom. The molecule has 1 amide bonds. The van der Waals surface area contributed by atoms with Crippen molar-refractivity contribution in [2.75, 3.05) is 5.32 Å². The summed E-state index contributed by atoms with van der Waals surface area (Å²) in [5, 5.41) is 3.97. The Kier molecular flexibility index (Phi) is 6.75. The number of hydrogen-bond acceptors (Lipinski definition) is 3. The highest BCUT2D eigenvalue weighted by Gasteiger charge is 2.30. The van der Waals surface area contributed by atoms with Crippen LogP contribution >= 0.6 is 0 Å². The fourth-order valence-corrected chi connectivity index (χ4v) is 5.16. The van der Waals surface area contributed by atoms with Crippen LogP contribution in [0.5, 0.6) is 11.5 Å². The third-order valence-corrected chi connectivity index (χ3v) is 7.15. The number of benzene rings is 3. The van der Waals surface area contributed by atoms with E-state index >= 15 is 0 Å². The van der Waals surface area contributed by atoms with Gasteiger partial charge in [0.1, 0.15) is 17.3 Å². The number of pyridine rings is 1. The second-order valence-electron chi connectivity index (χ2n) is 9.39. The Morgan fingerprint density at radius 2 is 1.71 bits per heavy atom. The number of nitrogens with zero attached hydrogens (tertiary/aromatic N) is 1. The third kappa shape index (κ3) is 5.35. The third-order valence-electron chi connectivity index (χ3n) is 7.15. The molecule has 0 spiro atoms. The van der Waals surface area contributed by atoms with E-state index in [-0.39, 0.29) is 17.6 Å². The smallest absolute Gasteiger partial charge is 0.227 e. The molecule has 1 N–H and O–H groups in total. The minimum Gasteiger partial charge on any atom is -0.457 e. The number of para-hydroxylation sites is 1. The summed E-state index contributed by atoms with van der Waals surface area (Å²) in [5.74, 6) is 1.82. The van der Waals surface area contributed by atoms with E-state index in [1.54, 1.807) is 12.1 Å². The van der Waals surface area contributed by atoms with E-state index in [2.05, 4.69) is 10.3 Å². The zero-order valence-corrected chi connectivity index (χ0v) is 19.8. The predicted molar refractivity (Wildman–Crippen MR) is 137 cm³/mol. The number of aromatic nitrogens is 1. The summed E-state index contributed by atoms with van der Waals surface area (Å²) in [7, 11) is 0. The molecule has 0 radical (unpaired) electrons. The number of carbonyl (C=O) groups excluding carboxylic acids is 1. The van der Waals surface area contributed by atoms with Crippen LogP contribution in [0, 0.1) is 17.7 Å². The Hall–Kier alpha value is -3.73. The van der Waals surface area contributed by atoms with E-state index in [0.29, 0.717) is 17.6 Å². The molecule has 0 bridgehead atoms. The van der Waals surface area contributed by atoms with Crippen LogP contribution in [0.4, 0.5) is 10.1 Å². The quantitative estimate of drug-likeness (QED) is 0.315. The van der Waals surface area contributed by atoms with Gasteiger partial charge in [0, 0.05) is 29.3 Å². The van der Waals surface area contributed by atoms with Crippen molar-refractivity contribution < 1.29 is 13.9 Å². The summed E-state index contributed by atoms with van der Waals surface area (Å²) in [6, 6.07) is 23.9. The minimum absolute atomic E-state index is 0.0294. The number of nitrogens with one attached hydrogen (secondary N) is 1. The second-order valence-corrected chi connectivity index (χ2v) is 9.39. The maximum Gasteiger partial charge on any atom is 0.227 e. The van der Waals surface area contributed by atoms with E-state index < -0.39 is 0 Å². The molecule has 3 aromatic carbocycles. The number of rotatable bonds is 6. The van der Waals surface area contributed by atoms with Gasteiger partial charge in [0.15, 0.2) is 0 Å². The molecule has 1 heterocycles. The van der Waals surface area contributed by atoms with Crippen LogP contribution in [0.25, 0.3) is 10.9 Å². The van der Waals surface area contributed by atoms with Crippen LogP contribution in [-0.4, -0.2) is 10.9 Å². The molecule has 0 aliphatic heterocycles. The number of hydrogen-bond donors (Lipinski definition) is 1. The highest BCUT2D eigenvalue weighted by molar-refractivity contribution is 5.92. The van der Waals surface area contributed by atoms with Crippen molar-refractivity contribution in [2.24, 2.45) is 11.8 Å². The molecular weight excluding hydrogens is 439 g/mol. The van der Waals surface area contributed by atoms with Crippen LogP contribution in [0.15, 0.2) is 85.1 Å². The zero-order chi connectivity index (χ0) is 24.2. The molecule has 5 heteroatoms. The Morgan fingerprint density at radius 3 is 2.51 bits per heavy atom. The van der Waals surface area contributed by atoms with E-state index in [4.69, 9.17) is 4.74 Å². The van der Waals surface area contributed by atoms with Gasteiger partial charge in [0.05, 0.1) is 5.52 Å². The highest BCUT2D eigenvalue weighted by Crippen LogP contribution is 2.41. The van der Waals surface area contributed by atoms with Crippen molar-refractivity contribution in [3.8, 4) is 11.5 Å². The van der Waals surface area contributed by atoms with Crippen molar-refractivity contribution in [3.63, 3.8) is 0 Å². The predicted octanol–water partition coefficient (Wildman–Crippen LogP) is 7.71. The van der Waals surface area contributed by atoms with Crippen LogP contribution in [0.2, 0.25) is 0 Å². The number of fused-ring (bicyclic) bond motifs is 1. The second kappa shape index (κ2) is 10.3. The molecule has 5 rings (SSSR count). The number of anilines is 1. The summed E-state index contributed by atoms with van der Waals surface area (Å²) >= 11 is 0. The maximum atomic E-state index is 13.9. The summed E-state index contributed by atoms with van der Waals surface area (Å²) in [4.78, 5) is 17.4. The van der Waals surface area contributed by atoms with Gasteiger partial charge < -0.3 is 10.1 Å². The fraction of sp³-hybridized carbons (Fsp3) is 0.267. The van der Waals surface area contributed by atoms with E-state index in [1.807, 2.05) is 73.8 Å². The van der Waals surface area contributed by atoms with Crippen molar-refractivity contribution in [1.82, 2.24) is 4.98 Å². The van der Waals surface area contributed by atoms with Gasteiger partial charge in [0.25, 0.3) is 0 Å². The molecular formula is C30H29FN2O2. The first-order chi connectivity index (χ1) is 17.1.